The number of carbonyl (C=O) groups is 1. The molecule has 3 aromatic rings. The van der Waals surface area contributed by atoms with Gasteiger partial charge in [0.2, 0.25) is 5.91 Å². The second-order valence-corrected chi connectivity index (χ2v) is 9.29. The maximum absolute atomic E-state index is 12.4. The van der Waals surface area contributed by atoms with Crippen LogP contribution in [0.4, 0.5) is 5.69 Å². The van der Waals surface area contributed by atoms with Crippen LogP contribution in [0.25, 0.3) is 5.69 Å². The van der Waals surface area contributed by atoms with Crippen molar-refractivity contribution in [2.75, 3.05) is 5.32 Å². The highest BCUT2D eigenvalue weighted by atomic mass is 35.5. The average molecular weight is 422 g/mol. The van der Waals surface area contributed by atoms with E-state index in [9.17, 15) is 4.79 Å². The standard InChI is InChI=1S/C18H16ClN3OS3/c1-11-4-3-5-14(10-11)20-16(23)12(2)25-17-21-22(18(24)26-17)15-8-6-13(19)7-9-15/h3-10,12H,1-2H3,(H,20,23). The van der Waals surface area contributed by atoms with Gasteiger partial charge in [-0.2, -0.15) is 0 Å². The van der Waals surface area contributed by atoms with E-state index in [1.54, 1.807) is 16.8 Å². The van der Waals surface area contributed by atoms with E-state index in [1.807, 2.05) is 50.2 Å². The molecule has 4 nitrogen and oxygen atoms in total. The minimum absolute atomic E-state index is 0.0697. The lowest BCUT2D eigenvalue weighted by atomic mass is 10.2. The number of carbonyl (C=O) groups excluding carboxylic acids is 1. The number of nitrogens with zero attached hydrogens (tertiary/aromatic N) is 2. The molecule has 0 fully saturated rings. The van der Waals surface area contributed by atoms with Crippen molar-refractivity contribution in [3.63, 3.8) is 0 Å². The molecule has 1 aromatic heterocycles. The molecule has 134 valence electrons. The summed E-state index contributed by atoms with van der Waals surface area (Å²) in [5.41, 5.74) is 2.74. The number of nitrogens with one attached hydrogen (secondary N) is 1. The highest BCUT2D eigenvalue weighted by Crippen LogP contribution is 2.28. The number of aryl methyl sites for hydroxylation is 1. The first-order chi connectivity index (χ1) is 12.4. The van der Waals surface area contributed by atoms with Gasteiger partial charge in [0.25, 0.3) is 0 Å². The summed E-state index contributed by atoms with van der Waals surface area (Å²) in [5.74, 6) is -0.0697. The lowest BCUT2D eigenvalue weighted by Gasteiger charge is -2.10. The predicted molar refractivity (Wildman–Crippen MR) is 112 cm³/mol. The minimum Gasteiger partial charge on any atom is -0.325 e. The van der Waals surface area contributed by atoms with E-state index in [4.69, 9.17) is 23.8 Å². The second kappa shape index (κ2) is 8.35. The fourth-order valence-electron chi connectivity index (χ4n) is 2.23. The quantitative estimate of drug-likeness (QED) is 0.421. The van der Waals surface area contributed by atoms with E-state index in [2.05, 4.69) is 10.4 Å². The normalized spacial score (nSPS) is 12.0. The second-order valence-electron chi connectivity index (χ2n) is 5.64. The third kappa shape index (κ3) is 4.73. The third-order valence-electron chi connectivity index (χ3n) is 3.53. The number of hydrogen-bond donors (Lipinski definition) is 1. The van der Waals surface area contributed by atoms with Gasteiger partial charge in [-0.15, -0.1) is 5.10 Å². The summed E-state index contributed by atoms with van der Waals surface area (Å²) in [6.07, 6.45) is 0. The van der Waals surface area contributed by atoms with Gasteiger partial charge in [-0.25, -0.2) is 4.68 Å². The Kier molecular flexibility index (Phi) is 6.13. The number of anilines is 1. The molecule has 0 radical (unpaired) electrons. The number of amides is 1. The highest BCUT2D eigenvalue weighted by molar-refractivity contribution is 8.02. The molecule has 0 aliphatic carbocycles. The van der Waals surface area contributed by atoms with Gasteiger partial charge in [-0.1, -0.05) is 46.8 Å². The third-order valence-corrected chi connectivity index (χ3v) is 6.20. The van der Waals surface area contributed by atoms with Crippen molar-refractivity contribution in [1.82, 2.24) is 9.78 Å². The Bertz CT molecular complexity index is 982. The number of rotatable bonds is 5. The van der Waals surface area contributed by atoms with E-state index in [0.29, 0.717) is 8.98 Å². The summed E-state index contributed by atoms with van der Waals surface area (Å²) in [5, 5.41) is 7.82. The van der Waals surface area contributed by atoms with Crippen LogP contribution >= 0.6 is 46.9 Å². The fraction of sp³-hybridized carbons (Fsp3) is 0.167. The van der Waals surface area contributed by atoms with Crippen molar-refractivity contribution < 1.29 is 4.79 Å². The Morgan fingerprint density at radius 3 is 2.73 bits per heavy atom. The van der Waals surface area contributed by atoms with Crippen molar-refractivity contribution in [3.8, 4) is 5.69 Å². The predicted octanol–water partition coefficient (Wildman–Crippen LogP) is 5.74. The number of hydrogen-bond acceptors (Lipinski definition) is 5. The van der Waals surface area contributed by atoms with Gasteiger partial charge in [0.15, 0.2) is 8.29 Å². The van der Waals surface area contributed by atoms with Crippen molar-refractivity contribution in [1.29, 1.82) is 0 Å². The van der Waals surface area contributed by atoms with Crippen LogP contribution in [-0.4, -0.2) is 20.9 Å². The number of halogens is 1. The monoisotopic (exact) mass is 421 g/mol. The van der Waals surface area contributed by atoms with Gasteiger partial charge in [0, 0.05) is 10.7 Å². The first kappa shape index (κ1) is 19.1. The Morgan fingerprint density at radius 1 is 1.31 bits per heavy atom. The molecule has 1 atom stereocenters. The van der Waals surface area contributed by atoms with Gasteiger partial charge in [-0.05, 0) is 68.0 Å². The maximum Gasteiger partial charge on any atom is 0.237 e. The first-order valence-electron chi connectivity index (χ1n) is 7.82. The Labute approximate surface area is 170 Å². The SMILES string of the molecule is Cc1cccc(NC(=O)C(C)Sc2nn(-c3ccc(Cl)cc3)c(=S)s2)c1. The van der Waals surface area contributed by atoms with Crippen LogP contribution < -0.4 is 5.32 Å². The van der Waals surface area contributed by atoms with Crippen LogP contribution in [0, 0.1) is 10.9 Å². The average Bonchev–Trinajstić information content (AvgIpc) is 2.96. The summed E-state index contributed by atoms with van der Waals surface area (Å²) in [6.45, 7) is 3.84. The Balaban J connectivity index is 1.70. The number of benzene rings is 2. The number of thioether (sulfide) groups is 1. The van der Waals surface area contributed by atoms with Gasteiger partial charge in [-0.3, -0.25) is 4.79 Å². The van der Waals surface area contributed by atoms with Crippen molar-refractivity contribution >= 4 is 58.5 Å². The fourth-order valence-corrected chi connectivity index (χ4v) is 4.86. The summed E-state index contributed by atoms with van der Waals surface area (Å²) in [4.78, 5) is 12.4. The summed E-state index contributed by atoms with van der Waals surface area (Å²) >= 11 is 14.1. The molecule has 1 unspecified atom stereocenters. The molecule has 8 heteroatoms. The highest BCUT2D eigenvalue weighted by Gasteiger charge is 2.17. The van der Waals surface area contributed by atoms with Gasteiger partial charge < -0.3 is 5.32 Å². The van der Waals surface area contributed by atoms with Gasteiger partial charge in [0.05, 0.1) is 10.9 Å². The van der Waals surface area contributed by atoms with Crippen molar-refractivity contribution in [2.24, 2.45) is 0 Å². The molecule has 0 bridgehead atoms. The zero-order valence-corrected chi connectivity index (χ0v) is 17.3. The van der Waals surface area contributed by atoms with E-state index in [1.165, 1.54) is 23.1 Å². The van der Waals surface area contributed by atoms with E-state index < -0.39 is 0 Å². The Hall–Kier alpha value is -1.67. The van der Waals surface area contributed by atoms with Gasteiger partial charge in [0.1, 0.15) is 0 Å². The van der Waals surface area contributed by atoms with E-state index in [-0.39, 0.29) is 11.2 Å². The Morgan fingerprint density at radius 2 is 2.04 bits per heavy atom. The van der Waals surface area contributed by atoms with Crippen LogP contribution in [0.5, 0.6) is 0 Å². The van der Waals surface area contributed by atoms with Crippen LogP contribution in [0.2, 0.25) is 5.02 Å². The van der Waals surface area contributed by atoms with E-state index >= 15 is 0 Å². The topological polar surface area (TPSA) is 46.9 Å². The molecule has 0 aliphatic rings. The molecule has 0 aliphatic heterocycles. The first-order valence-corrected chi connectivity index (χ1v) is 10.3. The van der Waals surface area contributed by atoms with E-state index in [0.717, 1.165) is 21.3 Å². The summed E-state index contributed by atoms with van der Waals surface area (Å²) in [6, 6.07) is 15.0. The largest absolute Gasteiger partial charge is 0.325 e. The molecule has 0 spiro atoms. The van der Waals surface area contributed by atoms with Crippen molar-refractivity contribution in [3.05, 3.63) is 63.1 Å². The molecular weight excluding hydrogens is 406 g/mol. The zero-order chi connectivity index (χ0) is 18.7. The molecular formula is C18H16ClN3OS3. The molecule has 0 saturated heterocycles. The minimum atomic E-state index is -0.297. The summed E-state index contributed by atoms with van der Waals surface area (Å²) < 4.78 is 3.06. The lowest BCUT2D eigenvalue weighted by molar-refractivity contribution is -0.115. The molecule has 3 rings (SSSR count). The molecule has 1 N–H and O–H groups in total. The van der Waals surface area contributed by atoms with Crippen LogP contribution in [0.3, 0.4) is 0 Å². The van der Waals surface area contributed by atoms with Crippen LogP contribution in [0.15, 0.2) is 52.9 Å². The zero-order valence-electron chi connectivity index (χ0n) is 14.1. The molecule has 26 heavy (non-hydrogen) atoms. The maximum atomic E-state index is 12.4. The smallest absolute Gasteiger partial charge is 0.237 e. The van der Waals surface area contributed by atoms with Gasteiger partial charge >= 0.3 is 0 Å². The number of aromatic nitrogens is 2. The molecule has 1 amide bonds. The van der Waals surface area contributed by atoms with Crippen LogP contribution in [0.1, 0.15) is 12.5 Å². The van der Waals surface area contributed by atoms with Crippen LogP contribution in [-0.2, 0) is 4.79 Å². The summed E-state index contributed by atoms with van der Waals surface area (Å²) in [7, 11) is 0. The van der Waals surface area contributed by atoms with Crippen molar-refractivity contribution in [2.45, 2.75) is 23.4 Å². The molecule has 2 aromatic carbocycles. The molecule has 1 heterocycles. The molecule has 0 saturated carbocycles. The lowest BCUT2D eigenvalue weighted by Crippen LogP contribution is -2.22.